The van der Waals surface area contributed by atoms with E-state index in [4.69, 9.17) is 11.6 Å². The zero-order chi connectivity index (χ0) is 10.6. The minimum absolute atomic E-state index is 0.133. The van der Waals surface area contributed by atoms with Crippen molar-refractivity contribution in [1.29, 1.82) is 0 Å². The molecule has 0 heterocycles. The van der Waals surface area contributed by atoms with Crippen molar-refractivity contribution in [1.82, 2.24) is 0 Å². The van der Waals surface area contributed by atoms with E-state index in [1.54, 1.807) is 6.07 Å². The molecule has 0 aliphatic rings. The number of carbonyl (C=O) groups is 1. The summed E-state index contributed by atoms with van der Waals surface area (Å²) >= 11 is 10.7. The first kappa shape index (κ1) is 12.1. The highest BCUT2D eigenvalue weighted by Crippen LogP contribution is 2.29. The van der Waals surface area contributed by atoms with E-state index in [2.05, 4.69) is 15.9 Å². The average Bonchev–Trinajstić information content (AvgIpc) is 2.17. The number of Topliss-reactive ketones (excluding diaryl/α,β-unsaturated/α-hetero) is 1. The summed E-state index contributed by atoms with van der Waals surface area (Å²) in [6.45, 7) is 0. The normalized spacial score (nSPS) is 10.2. The molecule has 0 unspecified atom stereocenters. The molecule has 0 aromatic heterocycles. The van der Waals surface area contributed by atoms with Crippen LogP contribution in [-0.2, 0) is 0 Å². The number of thioether (sulfide) groups is 1. The zero-order valence-corrected chi connectivity index (χ0v) is 10.9. The van der Waals surface area contributed by atoms with Crippen LogP contribution in [0.15, 0.2) is 23.1 Å². The molecular formula is C10H10BrClOS. The minimum atomic E-state index is 0.133. The van der Waals surface area contributed by atoms with Gasteiger partial charge in [-0.3, -0.25) is 4.79 Å². The number of hydrogen-bond donors (Lipinski definition) is 0. The molecule has 0 N–H and O–H groups in total. The first-order valence-corrected chi connectivity index (χ1v) is 6.84. The summed E-state index contributed by atoms with van der Waals surface area (Å²) < 4.78 is 0. The van der Waals surface area contributed by atoms with Gasteiger partial charge in [-0.15, -0.1) is 11.8 Å². The van der Waals surface area contributed by atoms with Gasteiger partial charge in [-0.1, -0.05) is 39.7 Å². The van der Waals surface area contributed by atoms with E-state index in [9.17, 15) is 4.79 Å². The molecule has 0 aliphatic heterocycles. The molecular weight excluding hydrogens is 284 g/mol. The van der Waals surface area contributed by atoms with E-state index in [-0.39, 0.29) is 5.78 Å². The molecule has 76 valence electrons. The predicted molar refractivity (Wildman–Crippen MR) is 66.0 cm³/mol. The highest BCUT2D eigenvalue weighted by Gasteiger charge is 2.12. The smallest absolute Gasteiger partial charge is 0.164 e. The lowest BCUT2D eigenvalue weighted by molar-refractivity contribution is 0.0987. The van der Waals surface area contributed by atoms with Crippen molar-refractivity contribution in [2.45, 2.75) is 11.3 Å². The van der Waals surface area contributed by atoms with Crippen molar-refractivity contribution in [3.8, 4) is 0 Å². The molecule has 0 spiro atoms. The predicted octanol–water partition coefficient (Wildman–Crippen LogP) is 4.03. The largest absolute Gasteiger partial charge is 0.294 e. The van der Waals surface area contributed by atoms with Crippen LogP contribution in [-0.4, -0.2) is 17.4 Å². The summed E-state index contributed by atoms with van der Waals surface area (Å²) in [7, 11) is 0. The van der Waals surface area contributed by atoms with Crippen LogP contribution in [0.3, 0.4) is 0 Å². The Morgan fingerprint density at radius 3 is 2.86 bits per heavy atom. The molecule has 0 fully saturated rings. The molecule has 1 nitrogen and oxygen atoms in total. The third-order valence-electron chi connectivity index (χ3n) is 1.79. The van der Waals surface area contributed by atoms with E-state index in [0.29, 0.717) is 16.8 Å². The van der Waals surface area contributed by atoms with Crippen LogP contribution >= 0.6 is 39.3 Å². The number of alkyl halides is 1. The second kappa shape index (κ2) is 5.79. The van der Waals surface area contributed by atoms with Crippen molar-refractivity contribution in [3.05, 3.63) is 28.8 Å². The van der Waals surface area contributed by atoms with Crippen LogP contribution in [0.5, 0.6) is 0 Å². The summed E-state index contributed by atoms with van der Waals surface area (Å²) in [5.74, 6) is 0.133. The summed E-state index contributed by atoms with van der Waals surface area (Å²) in [6.07, 6.45) is 2.43. The Hall–Kier alpha value is 0.01000. The van der Waals surface area contributed by atoms with Gasteiger partial charge in [-0.25, -0.2) is 0 Å². The maximum atomic E-state index is 11.7. The number of hydrogen-bond acceptors (Lipinski definition) is 2. The number of rotatable bonds is 4. The van der Waals surface area contributed by atoms with Crippen molar-refractivity contribution >= 4 is 45.1 Å². The molecule has 0 amide bonds. The monoisotopic (exact) mass is 292 g/mol. The third-order valence-corrected chi connectivity index (χ3v) is 3.46. The summed E-state index contributed by atoms with van der Waals surface area (Å²) in [4.78, 5) is 12.5. The highest BCUT2D eigenvalue weighted by atomic mass is 79.9. The molecule has 0 atom stereocenters. The third kappa shape index (κ3) is 2.75. The van der Waals surface area contributed by atoms with Gasteiger partial charge in [0.25, 0.3) is 0 Å². The molecule has 0 aliphatic carbocycles. The Balaban J connectivity index is 3.07. The summed E-state index contributed by atoms with van der Waals surface area (Å²) in [6, 6.07) is 5.44. The van der Waals surface area contributed by atoms with Gasteiger partial charge in [0, 0.05) is 22.2 Å². The molecule has 14 heavy (non-hydrogen) atoms. The van der Waals surface area contributed by atoms with Crippen molar-refractivity contribution in [3.63, 3.8) is 0 Å². The second-order valence-electron chi connectivity index (χ2n) is 2.68. The lowest BCUT2D eigenvalue weighted by Crippen LogP contribution is -2.01. The van der Waals surface area contributed by atoms with Gasteiger partial charge in [-0.2, -0.15) is 0 Å². The lowest BCUT2D eigenvalue weighted by Gasteiger charge is -2.06. The number of halogens is 2. The Labute approximate surface area is 101 Å². The highest BCUT2D eigenvalue weighted by molar-refractivity contribution is 9.09. The van der Waals surface area contributed by atoms with E-state index in [1.165, 1.54) is 11.8 Å². The summed E-state index contributed by atoms with van der Waals surface area (Å²) in [5, 5.41) is 1.34. The van der Waals surface area contributed by atoms with Gasteiger partial charge in [0.1, 0.15) is 0 Å². The Kier molecular flexibility index (Phi) is 4.99. The van der Waals surface area contributed by atoms with Crippen LogP contribution in [0, 0.1) is 0 Å². The topological polar surface area (TPSA) is 17.1 Å². The van der Waals surface area contributed by atoms with E-state index < -0.39 is 0 Å². The molecule has 1 aromatic carbocycles. The second-order valence-corrected chi connectivity index (χ2v) is 4.70. The maximum Gasteiger partial charge on any atom is 0.164 e. The van der Waals surface area contributed by atoms with Crippen LogP contribution in [0.1, 0.15) is 16.8 Å². The van der Waals surface area contributed by atoms with Gasteiger partial charge in [0.05, 0.1) is 5.02 Å². The first-order valence-electron chi connectivity index (χ1n) is 4.12. The molecule has 4 heteroatoms. The fourth-order valence-corrected chi connectivity index (χ4v) is 2.59. The number of carbonyl (C=O) groups excluding carboxylic acids is 1. The van der Waals surface area contributed by atoms with Gasteiger partial charge in [-0.05, 0) is 12.3 Å². The van der Waals surface area contributed by atoms with Gasteiger partial charge in [0.2, 0.25) is 0 Å². The fourth-order valence-electron chi connectivity index (χ4n) is 1.16. The number of ketones is 1. The Morgan fingerprint density at radius 2 is 2.29 bits per heavy atom. The van der Waals surface area contributed by atoms with Crippen molar-refractivity contribution in [2.75, 3.05) is 11.6 Å². The number of benzene rings is 1. The summed E-state index contributed by atoms with van der Waals surface area (Å²) in [5.41, 5.74) is 0.726. The van der Waals surface area contributed by atoms with E-state index >= 15 is 0 Å². The quantitative estimate of drug-likeness (QED) is 0.474. The first-order chi connectivity index (χ1) is 6.70. The SMILES string of the molecule is CSc1c(Cl)cccc1C(=O)CCBr. The average molecular weight is 294 g/mol. The standard InChI is InChI=1S/C10H10BrClOS/c1-14-10-7(9(13)5-6-11)3-2-4-8(10)12/h2-4H,5-6H2,1H3. The van der Waals surface area contributed by atoms with Crippen LogP contribution in [0.25, 0.3) is 0 Å². The molecule has 0 saturated carbocycles. The van der Waals surface area contributed by atoms with E-state index in [0.717, 1.165) is 10.5 Å². The molecule has 1 rings (SSSR count). The molecule has 0 saturated heterocycles. The van der Waals surface area contributed by atoms with E-state index in [1.807, 2.05) is 18.4 Å². The van der Waals surface area contributed by atoms with Gasteiger partial charge in [0.15, 0.2) is 5.78 Å². The van der Waals surface area contributed by atoms with Gasteiger partial charge >= 0.3 is 0 Å². The Bertz CT molecular complexity index is 341. The van der Waals surface area contributed by atoms with Crippen molar-refractivity contribution in [2.24, 2.45) is 0 Å². The Morgan fingerprint density at radius 1 is 1.57 bits per heavy atom. The van der Waals surface area contributed by atoms with Crippen molar-refractivity contribution < 1.29 is 4.79 Å². The lowest BCUT2D eigenvalue weighted by atomic mass is 10.1. The minimum Gasteiger partial charge on any atom is -0.294 e. The molecule has 0 bridgehead atoms. The van der Waals surface area contributed by atoms with Crippen LogP contribution in [0.2, 0.25) is 5.02 Å². The molecule has 0 radical (unpaired) electrons. The zero-order valence-electron chi connectivity index (χ0n) is 7.72. The van der Waals surface area contributed by atoms with Gasteiger partial charge < -0.3 is 0 Å². The van der Waals surface area contributed by atoms with Crippen LogP contribution < -0.4 is 0 Å². The molecule has 1 aromatic rings. The fraction of sp³-hybridized carbons (Fsp3) is 0.300. The maximum absolute atomic E-state index is 11.7. The van der Waals surface area contributed by atoms with Crippen LogP contribution in [0.4, 0.5) is 0 Å².